The summed E-state index contributed by atoms with van der Waals surface area (Å²) >= 11 is 5.86. The van der Waals surface area contributed by atoms with E-state index in [1.165, 1.54) is 32.4 Å². The third-order valence-corrected chi connectivity index (χ3v) is 6.99. The van der Waals surface area contributed by atoms with Crippen molar-refractivity contribution in [1.29, 1.82) is 0 Å². The Morgan fingerprint density at radius 1 is 0.884 bits per heavy atom. The van der Waals surface area contributed by atoms with Gasteiger partial charge in [-0.15, -0.1) is 0 Å². The molecule has 5 aromatic rings. The number of hydrogen-bond donors (Lipinski definition) is 2. The number of methoxy groups -OCH3 is 2. The number of para-hydroxylation sites is 2. The number of halogens is 1. The molecule has 0 radical (unpaired) electrons. The minimum atomic E-state index is -3.27. The van der Waals surface area contributed by atoms with Crippen LogP contribution in [-0.4, -0.2) is 38.5 Å². The van der Waals surface area contributed by atoms with Gasteiger partial charge in [0.15, 0.2) is 22.4 Å². The number of ether oxygens (including phenoxy) is 2. The number of benzene rings is 4. The van der Waals surface area contributed by atoms with Crippen LogP contribution in [-0.2, 0) is 10.9 Å². The highest BCUT2D eigenvalue weighted by atomic mass is 35.5. The highest BCUT2D eigenvalue weighted by molar-refractivity contribution is 7.74. The Morgan fingerprint density at radius 2 is 1.56 bits per heavy atom. The molecule has 4 aromatic carbocycles. The molecule has 1 heterocycles. The number of carbonyl (C=O) groups excluding carboxylic acids is 1. The number of fused-ring (bicyclic) bond motifs is 1. The molecule has 216 valence electrons. The van der Waals surface area contributed by atoms with Gasteiger partial charge in [0.25, 0.3) is 0 Å². The van der Waals surface area contributed by atoms with Crippen molar-refractivity contribution in [3.05, 3.63) is 102 Å². The lowest BCUT2D eigenvalue weighted by Gasteiger charge is -2.20. The van der Waals surface area contributed by atoms with Crippen LogP contribution in [0.25, 0.3) is 11.0 Å². The van der Waals surface area contributed by atoms with Crippen molar-refractivity contribution < 1.29 is 22.7 Å². The average molecular weight is 617 g/mol. The Bertz CT molecular complexity index is 1930. The average Bonchev–Trinajstić information content (AvgIpc) is 3.01. The van der Waals surface area contributed by atoms with Crippen LogP contribution in [0.4, 0.5) is 28.7 Å². The number of hydrogen-bond acceptors (Lipinski definition) is 9. The molecule has 0 fully saturated rings. The van der Waals surface area contributed by atoms with Crippen LogP contribution in [0, 0.1) is 0 Å². The molecule has 1 N–H and O–H groups in total. The molecule has 0 saturated carbocycles. The third-order valence-electron chi connectivity index (χ3n) is 5.99. The summed E-state index contributed by atoms with van der Waals surface area (Å²) < 4.78 is 37.2. The van der Waals surface area contributed by atoms with Gasteiger partial charge in [-0.25, -0.2) is 22.7 Å². The minimum absolute atomic E-state index is 0.00768. The summed E-state index contributed by atoms with van der Waals surface area (Å²) in [6, 6.07) is 24.6. The molecule has 14 heteroatoms. The molecular formula is C29H23ClN7O5S+. The zero-order chi connectivity index (χ0) is 30.3. The maximum Gasteiger partial charge on any atom is 0.360 e. The number of nitrogens with zero attached hydrogens (tertiary/aromatic N) is 6. The first-order valence-electron chi connectivity index (χ1n) is 12.6. The topological polar surface area (TPSA) is 150 Å². The zero-order valence-corrected chi connectivity index (χ0v) is 24.4. The molecule has 0 aliphatic rings. The smallest absolute Gasteiger partial charge is 0.360 e. The molecule has 12 nitrogen and oxygen atoms in total. The van der Waals surface area contributed by atoms with E-state index in [1.54, 1.807) is 72.8 Å². The first-order chi connectivity index (χ1) is 20.8. The zero-order valence-electron chi connectivity index (χ0n) is 22.7. The number of carbonyl (C=O) groups is 1. The van der Waals surface area contributed by atoms with Gasteiger partial charge in [0, 0.05) is 34.5 Å². The Hall–Kier alpha value is -5.36. The molecule has 1 aromatic heterocycles. The lowest BCUT2D eigenvalue weighted by atomic mass is 10.2. The number of aromatic nitrogens is 2. The molecule has 0 unspecified atom stereocenters. The molecule has 0 atom stereocenters. The quantitative estimate of drug-likeness (QED) is 0.114. The van der Waals surface area contributed by atoms with E-state index in [-0.39, 0.29) is 28.6 Å². The monoisotopic (exact) mass is 616 g/mol. The molecule has 0 saturated heterocycles. The summed E-state index contributed by atoms with van der Waals surface area (Å²) in [5.74, 6) is 0.582. The van der Waals surface area contributed by atoms with Crippen molar-refractivity contribution in [3.63, 3.8) is 0 Å². The Balaban J connectivity index is 1.55. The number of nitrogens with one attached hydrogen (secondary N) is 1. The Labute approximate surface area is 252 Å². The third kappa shape index (κ3) is 6.93. The van der Waals surface area contributed by atoms with Crippen LogP contribution in [0.5, 0.6) is 11.5 Å². The SMILES string of the molecule is COc1cc(Nc2nc3ccccc3nc2N(c2cccc(N=[N+]=NC(=O)c3ccc(Cl)cc3)c2)[SH](=O)=O)cc(OC)c1. The van der Waals surface area contributed by atoms with Crippen LogP contribution in [0.2, 0.25) is 5.02 Å². The number of anilines is 4. The van der Waals surface area contributed by atoms with Gasteiger partial charge >= 0.3 is 5.91 Å². The van der Waals surface area contributed by atoms with E-state index >= 15 is 0 Å². The van der Waals surface area contributed by atoms with Gasteiger partial charge in [-0.2, -0.15) is 0 Å². The number of amides is 1. The summed E-state index contributed by atoms with van der Waals surface area (Å²) in [4.78, 5) is 25.2. The standard InChI is InChI=1S/C29H22ClN7O5S/c1-41-23-15-21(16-24(17-23)42-2)31-27-28(33-26-9-4-3-8-25(26)32-27)37(43(39)40)22-7-5-6-20(14-22)34-36-35-29(38)18-10-12-19(30)13-11-18/h3-17,43H,1-2H3/p+1. The van der Waals surface area contributed by atoms with E-state index in [0.717, 1.165) is 4.31 Å². The van der Waals surface area contributed by atoms with E-state index in [1.807, 2.05) is 0 Å². The molecular weight excluding hydrogens is 594 g/mol. The van der Waals surface area contributed by atoms with Crippen molar-refractivity contribution in [2.24, 2.45) is 10.2 Å². The van der Waals surface area contributed by atoms with Crippen LogP contribution < -0.4 is 24.0 Å². The number of rotatable bonds is 9. The summed E-state index contributed by atoms with van der Waals surface area (Å²) in [6.07, 6.45) is 0. The van der Waals surface area contributed by atoms with Gasteiger partial charge in [-0.1, -0.05) is 29.8 Å². The highest BCUT2D eigenvalue weighted by Gasteiger charge is 2.22. The largest absolute Gasteiger partial charge is 0.497 e. The van der Waals surface area contributed by atoms with Gasteiger partial charge in [0.05, 0.1) is 30.9 Å². The van der Waals surface area contributed by atoms with E-state index in [0.29, 0.717) is 33.2 Å². The van der Waals surface area contributed by atoms with E-state index in [9.17, 15) is 13.2 Å². The second-order valence-corrected chi connectivity index (χ2v) is 10.1. The van der Waals surface area contributed by atoms with Crippen molar-refractivity contribution in [3.8, 4) is 11.5 Å². The van der Waals surface area contributed by atoms with Crippen LogP contribution in [0.15, 0.2) is 101 Å². The van der Waals surface area contributed by atoms with Gasteiger partial charge in [0.1, 0.15) is 11.5 Å². The molecule has 1 amide bonds. The maximum atomic E-state index is 12.7. The molecule has 0 aliphatic heterocycles. The predicted octanol–water partition coefficient (Wildman–Crippen LogP) is 6.15. The van der Waals surface area contributed by atoms with Gasteiger partial charge in [-0.05, 0) is 54.6 Å². The highest BCUT2D eigenvalue weighted by Crippen LogP contribution is 2.36. The first-order valence-corrected chi connectivity index (χ1v) is 14.1. The van der Waals surface area contributed by atoms with Gasteiger partial charge in [-0.3, -0.25) is 4.79 Å². The lowest BCUT2D eigenvalue weighted by Crippen LogP contribution is -2.18. The summed E-state index contributed by atoms with van der Waals surface area (Å²) in [5.41, 5.74) is 2.27. The van der Waals surface area contributed by atoms with Crippen molar-refractivity contribution in [2.75, 3.05) is 23.8 Å². The fourth-order valence-electron chi connectivity index (χ4n) is 3.98. The summed E-state index contributed by atoms with van der Waals surface area (Å²) in [7, 11) is -0.224. The van der Waals surface area contributed by atoms with E-state index < -0.39 is 16.8 Å². The van der Waals surface area contributed by atoms with E-state index in [4.69, 9.17) is 21.1 Å². The molecule has 0 bridgehead atoms. The summed E-state index contributed by atoms with van der Waals surface area (Å²) in [5, 5.41) is 11.2. The second-order valence-electron chi connectivity index (χ2n) is 8.78. The maximum absolute atomic E-state index is 12.7. The molecule has 0 aliphatic carbocycles. The summed E-state index contributed by atoms with van der Waals surface area (Å²) in [6.45, 7) is 0. The van der Waals surface area contributed by atoms with E-state index in [2.05, 4.69) is 30.4 Å². The predicted molar refractivity (Wildman–Crippen MR) is 164 cm³/mol. The van der Waals surface area contributed by atoms with Gasteiger partial charge < -0.3 is 14.8 Å². The second kappa shape index (κ2) is 13.1. The molecule has 43 heavy (non-hydrogen) atoms. The Morgan fingerprint density at radius 3 is 2.21 bits per heavy atom. The van der Waals surface area contributed by atoms with Crippen LogP contribution >= 0.6 is 11.6 Å². The van der Waals surface area contributed by atoms with Gasteiger partial charge in [0.2, 0.25) is 20.9 Å². The first kappa shape index (κ1) is 29.1. The van der Waals surface area contributed by atoms with Crippen molar-refractivity contribution in [1.82, 2.24) is 14.9 Å². The molecule has 5 rings (SSSR count). The minimum Gasteiger partial charge on any atom is -0.497 e. The fraction of sp³-hybridized carbons (Fsp3) is 0.0690. The van der Waals surface area contributed by atoms with Crippen LogP contribution in [0.3, 0.4) is 0 Å². The van der Waals surface area contributed by atoms with Crippen molar-refractivity contribution in [2.45, 2.75) is 0 Å². The fourth-order valence-corrected chi connectivity index (χ4v) is 4.72. The van der Waals surface area contributed by atoms with Crippen molar-refractivity contribution >= 4 is 68.1 Å². The van der Waals surface area contributed by atoms with Crippen LogP contribution in [0.1, 0.15) is 10.4 Å². The normalized spacial score (nSPS) is 10.6. The Kier molecular flexibility index (Phi) is 8.87. The number of thiol groups is 1. The molecule has 0 spiro atoms. The lowest BCUT2D eigenvalue weighted by molar-refractivity contribution is 0.0992.